The van der Waals surface area contributed by atoms with Crippen LogP contribution in [0.4, 0.5) is 0 Å². The predicted molar refractivity (Wildman–Crippen MR) is 91.6 cm³/mol. The Labute approximate surface area is 136 Å². The lowest BCUT2D eigenvalue weighted by molar-refractivity contribution is 0.574. The molecule has 1 unspecified atom stereocenters. The maximum Gasteiger partial charge on any atom is 0.250 e. The van der Waals surface area contributed by atoms with E-state index in [9.17, 15) is 8.42 Å². The van der Waals surface area contributed by atoms with Gasteiger partial charge in [0.2, 0.25) is 10.0 Å². The minimum atomic E-state index is -3.51. The van der Waals surface area contributed by atoms with Crippen LogP contribution in [0.25, 0.3) is 0 Å². The largest absolute Gasteiger partial charge is 0.323 e. The minimum absolute atomic E-state index is 0.0567. The van der Waals surface area contributed by atoms with Crippen molar-refractivity contribution < 1.29 is 8.42 Å². The molecule has 0 saturated heterocycles. The number of thiophene rings is 1. The molecule has 0 spiro atoms. The van der Waals surface area contributed by atoms with Gasteiger partial charge >= 0.3 is 0 Å². The summed E-state index contributed by atoms with van der Waals surface area (Å²) in [6.07, 6.45) is 0. The summed E-state index contributed by atoms with van der Waals surface area (Å²) < 4.78 is 27.6. The molecule has 3 N–H and O–H groups in total. The summed E-state index contributed by atoms with van der Waals surface area (Å²) in [6, 6.07) is 12.6. The van der Waals surface area contributed by atoms with Crippen molar-refractivity contribution in [1.82, 2.24) is 4.72 Å². The molecule has 1 aromatic carbocycles. The number of hydrogen-bond acceptors (Lipinski definition) is 4. The highest BCUT2D eigenvalue weighted by molar-refractivity contribution is 7.91. The van der Waals surface area contributed by atoms with Gasteiger partial charge in [0.15, 0.2) is 0 Å². The number of sulfonamides is 1. The summed E-state index contributed by atoms with van der Waals surface area (Å²) in [5.74, 6) is 0. The zero-order valence-electron chi connectivity index (χ0n) is 13.0. The first kappa shape index (κ1) is 17.1. The fraction of sp³-hybridized carbons (Fsp3) is 0.375. The lowest BCUT2D eigenvalue weighted by Gasteiger charge is -2.15. The van der Waals surface area contributed by atoms with E-state index in [0.29, 0.717) is 4.21 Å². The van der Waals surface area contributed by atoms with Gasteiger partial charge in [0.05, 0.1) is 0 Å². The summed E-state index contributed by atoms with van der Waals surface area (Å²) >= 11 is 1.30. The average Bonchev–Trinajstić information content (AvgIpc) is 2.96. The van der Waals surface area contributed by atoms with E-state index in [1.807, 2.05) is 36.4 Å². The highest BCUT2D eigenvalue weighted by Crippen LogP contribution is 2.31. The van der Waals surface area contributed by atoms with Crippen molar-refractivity contribution >= 4 is 21.4 Å². The normalized spacial score (nSPS) is 14.0. The standard InChI is InChI=1S/C16H22N2O2S2/c1-16(2,3)14-9-10-15(21-14)22(19,20)18-11-13(17)12-7-5-4-6-8-12/h4-10,13,18H,11,17H2,1-3H3. The Morgan fingerprint density at radius 2 is 1.77 bits per heavy atom. The molecule has 0 bridgehead atoms. The number of rotatable bonds is 5. The van der Waals surface area contributed by atoms with Gasteiger partial charge in [-0.1, -0.05) is 51.1 Å². The Bertz CT molecular complexity index is 716. The van der Waals surface area contributed by atoms with E-state index < -0.39 is 10.0 Å². The van der Waals surface area contributed by atoms with E-state index in [4.69, 9.17) is 5.73 Å². The van der Waals surface area contributed by atoms with E-state index in [0.717, 1.165) is 10.4 Å². The van der Waals surface area contributed by atoms with Gasteiger partial charge in [-0.3, -0.25) is 0 Å². The molecule has 120 valence electrons. The van der Waals surface area contributed by atoms with Crippen molar-refractivity contribution in [3.63, 3.8) is 0 Å². The molecule has 0 aliphatic rings. The van der Waals surface area contributed by atoms with Gasteiger partial charge in [-0.2, -0.15) is 0 Å². The van der Waals surface area contributed by atoms with Crippen LogP contribution in [0, 0.1) is 0 Å². The van der Waals surface area contributed by atoms with Crippen molar-refractivity contribution in [2.45, 2.75) is 36.4 Å². The Balaban J connectivity index is 2.07. The van der Waals surface area contributed by atoms with Crippen molar-refractivity contribution in [2.24, 2.45) is 5.73 Å². The predicted octanol–water partition coefficient (Wildman–Crippen LogP) is 3.02. The van der Waals surface area contributed by atoms with Crippen molar-refractivity contribution in [1.29, 1.82) is 0 Å². The van der Waals surface area contributed by atoms with Crippen molar-refractivity contribution in [2.75, 3.05) is 6.54 Å². The first-order chi connectivity index (χ1) is 10.2. The van der Waals surface area contributed by atoms with Crippen LogP contribution in [0.15, 0.2) is 46.7 Å². The lowest BCUT2D eigenvalue weighted by atomic mass is 9.95. The molecule has 22 heavy (non-hydrogen) atoms. The smallest absolute Gasteiger partial charge is 0.250 e. The molecule has 1 atom stereocenters. The molecule has 0 fully saturated rings. The Kier molecular flexibility index (Phi) is 5.07. The molecule has 0 aliphatic carbocycles. The van der Waals surface area contributed by atoms with Crippen molar-refractivity contribution in [3.05, 3.63) is 52.9 Å². The van der Waals surface area contributed by atoms with Crippen LogP contribution in [0.1, 0.15) is 37.3 Å². The van der Waals surface area contributed by atoms with Crippen LogP contribution >= 0.6 is 11.3 Å². The van der Waals surface area contributed by atoms with E-state index in [-0.39, 0.29) is 18.0 Å². The Morgan fingerprint density at radius 3 is 2.32 bits per heavy atom. The summed E-state index contributed by atoms with van der Waals surface area (Å²) in [5, 5.41) is 0. The van der Waals surface area contributed by atoms with Crippen LogP contribution in [0.3, 0.4) is 0 Å². The number of hydrogen-bond donors (Lipinski definition) is 2. The van der Waals surface area contributed by atoms with Gasteiger partial charge in [-0.25, -0.2) is 13.1 Å². The van der Waals surface area contributed by atoms with Gasteiger partial charge in [0, 0.05) is 17.5 Å². The van der Waals surface area contributed by atoms with Crippen molar-refractivity contribution in [3.8, 4) is 0 Å². The second-order valence-corrected chi connectivity index (χ2v) is 9.32. The molecule has 6 heteroatoms. The summed E-state index contributed by atoms with van der Waals surface area (Å²) in [5.41, 5.74) is 6.88. The van der Waals surface area contributed by atoms with E-state index in [2.05, 4.69) is 25.5 Å². The third-order valence-corrected chi connectivity index (χ3v) is 6.73. The maximum absolute atomic E-state index is 12.4. The number of nitrogens with two attached hydrogens (primary N) is 1. The summed E-state index contributed by atoms with van der Waals surface area (Å²) in [6.45, 7) is 6.37. The quantitative estimate of drug-likeness (QED) is 0.880. The molecule has 1 aromatic heterocycles. The van der Waals surface area contributed by atoms with Gasteiger partial charge in [0.1, 0.15) is 4.21 Å². The lowest BCUT2D eigenvalue weighted by Crippen LogP contribution is -2.31. The summed E-state index contributed by atoms with van der Waals surface area (Å²) in [4.78, 5) is 1.04. The molecule has 0 saturated carbocycles. The van der Waals surface area contributed by atoms with Gasteiger partial charge in [-0.05, 0) is 23.1 Å². The van der Waals surface area contributed by atoms with Crippen LogP contribution in [0.5, 0.6) is 0 Å². The highest BCUT2D eigenvalue weighted by atomic mass is 32.2. The third kappa shape index (κ3) is 4.16. The average molecular weight is 338 g/mol. The molecular formula is C16H22N2O2S2. The van der Waals surface area contributed by atoms with Gasteiger partial charge < -0.3 is 5.73 Å². The molecule has 2 rings (SSSR count). The monoisotopic (exact) mass is 338 g/mol. The zero-order chi connectivity index (χ0) is 16.4. The molecule has 0 radical (unpaired) electrons. The van der Waals surface area contributed by atoms with E-state index in [1.54, 1.807) is 6.07 Å². The molecule has 4 nitrogen and oxygen atoms in total. The van der Waals surface area contributed by atoms with Crippen LogP contribution < -0.4 is 10.5 Å². The van der Waals surface area contributed by atoms with Crippen LogP contribution in [-0.4, -0.2) is 15.0 Å². The molecular weight excluding hydrogens is 316 g/mol. The molecule has 0 amide bonds. The van der Waals surface area contributed by atoms with Crippen LogP contribution in [0.2, 0.25) is 0 Å². The SMILES string of the molecule is CC(C)(C)c1ccc(S(=O)(=O)NCC(N)c2ccccc2)s1. The van der Waals surface area contributed by atoms with Gasteiger partial charge in [0.25, 0.3) is 0 Å². The fourth-order valence-corrected chi connectivity index (χ4v) is 4.42. The van der Waals surface area contributed by atoms with E-state index in [1.165, 1.54) is 11.3 Å². The van der Waals surface area contributed by atoms with Gasteiger partial charge in [-0.15, -0.1) is 11.3 Å². The maximum atomic E-state index is 12.4. The third-order valence-electron chi connectivity index (χ3n) is 3.31. The van der Waals surface area contributed by atoms with Crippen LogP contribution in [-0.2, 0) is 15.4 Å². The Morgan fingerprint density at radius 1 is 1.14 bits per heavy atom. The highest BCUT2D eigenvalue weighted by Gasteiger charge is 2.22. The number of benzene rings is 1. The molecule has 0 aliphatic heterocycles. The number of nitrogens with one attached hydrogen (secondary N) is 1. The second-order valence-electron chi connectivity index (χ2n) is 6.24. The first-order valence-electron chi connectivity index (χ1n) is 7.11. The summed E-state index contributed by atoms with van der Waals surface area (Å²) in [7, 11) is -3.51. The molecule has 2 aromatic rings. The topological polar surface area (TPSA) is 72.2 Å². The second kappa shape index (κ2) is 6.50. The minimum Gasteiger partial charge on any atom is -0.323 e. The van der Waals surface area contributed by atoms with E-state index >= 15 is 0 Å². The zero-order valence-corrected chi connectivity index (χ0v) is 14.7. The first-order valence-corrected chi connectivity index (χ1v) is 9.40. The fourth-order valence-electron chi connectivity index (χ4n) is 1.96. The molecule has 1 heterocycles. The Hall–Kier alpha value is -1.21.